The van der Waals surface area contributed by atoms with Crippen LogP contribution in [0, 0.1) is 0 Å². The predicted octanol–water partition coefficient (Wildman–Crippen LogP) is -0.0463. The number of carbonyl (C=O) groups excluding carboxylic acids is 1. The molecular formula is C11H16N4O2. The molecule has 17 heavy (non-hydrogen) atoms. The number of carbonyl (C=O) groups is 1. The molecule has 92 valence electrons. The minimum absolute atomic E-state index is 0.00677. The van der Waals surface area contributed by atoms with Gasteiger partial charge in [0.15, 0.2) is 5.82 Å². The number of hydrogen-bond donors (Lipinski definition) is 2. The van der Waals surface area contributed by atoms with Crippen molar-refractivity contribution in [1.82, 2.24) is 14.9 Å². The van der Waals surface area contributed by atoms with Crippen molar-refractivity contribution in [2.24, 2.45) is 0 Å². The van der Waals surface area contributed by atoms with Gasteiger partial charge >= 0.3 is 0 Å². The van der Waals surface area contributed by atoms with Crippen LogP contribution in [-0.2, 0) is 11.3 Å². The average molecular weight is 236 g/mol. The first-order chi connectivity index (χ1) is 8.20. The second kappa shape index (κ2) is 4.99. The molecule has 2 heterocycles. The highest BCUT2D eigenvalue weighted by Gasteiger charge is 2.22. The zero-order chi connectivity index (χ0) is 12.3. The van der Waals surface area contributed by atoms with Crippen molar-refractivity contribution in [3.05, 3.63) is 22.7 Å². The summed E-state index contributed by atoms with van der Waals surface area (Å²) in [6, 6.07) is -0.0415. The molecule has 0 spiro atoms. The molecular weight excluding hydrogens is 220 g/mol. The molecule has 0 saturated carbocycles. The molecule has 1 saturated heterocycles. The first kappa shape index (κ1) is 11.6. The van der Waals surface area contributed by atoms with Crippen LogP contribution in [0.2, 0.25) is 0 Å². The van der Waals surface area contributed by atoms with E-state index in [4.69, 9.17) is 0 Å². The Bertz CT molecular complexity index is 469. The van der Waals surface area contributed by atoms with Gasteiger partial charge in [-0.05, 0) is 6.42 Å². The summed E-state index contributed by atoms with van der Waals surface area (Å²) in [5, 5.41) is 5.72. The van der Waals surface area contributed by atoms with Crippen molar-refractivity contribution in [2.45, 2.75) is 32.4 Å². The molecule has 1 aromatic heterocycles. The summed E-state index contributed by atoms with van der Waals surface area (Å²) in [5.41, 5.74) is -0.131. The van der Waals surface area contributed by atoms with Crippen molar-refractivity contribution in [1.29, 1.82) is 0 Å². The highest BCUT2D eigenvalue weighted by atomic mass is 16.2. The summed E-state index contributed by atoms with van der Waals surface area (Å²) in [5.74, 6) is 0.328. The van der Waals surface area contributed by atoms with Crippen molar-refractivity contribution in [3.8, 4) is 0 Å². The van der Waals surface area contributed by atoms with Gasteiger partial charge in [-0.2, -0.15) is 0 Å². The fraction of sp³-hybridized carbons (Fsp3) is 0.545. The van der Waals surface area contributed by atoms with Crippen molar-refractivity contribution in [2.75, 3.05) is 11.9 Å². The molecule has 1 aliphatic rings. The minimum Gasteiger partial charge on any atom is -0.360 e. The van der Waals surface area contributed by atoms with Gasteiger partial charge in [0, 0.05) is 31.9 Å². The van der Waals surface area contributed by atoms with Crippen LogP contribution in [0.3, 0.4) is 0 Å². The molecule has 2 rings (SSSR count). The Kier molecular flexibility index (Phi) is 3.41. The van der Waals surface area contributed by atoms with Crippen LogP contribution in [-0.4, -0.2) is 28.0 Å². The van der Waals surface area contributed by atoms with Crippen molar-refractivity contribution in [3.63, 3.8) is 0 Å². The normalized spacial score (nSPS) is 19.1. The summed E-state index contributed by atoms with van der Waals surface area (Å²) in [7, 11) is 0. The van der Waals surface area contributed by atoms with E-state index in [1.807, 2.05) is 6.92 Å². The molecule has 1 aromatic rings. The van der Waals surface area contributed by atoms with E-state index in [-0.39, 0.29) is 17.5 Å². The number of hydrogen-bond acceptors (Lipinski definition) is 4. The SMILES string of the molecule is CCCn1ccnc(NC2CNC(=O)C2)c1=O. The first-order valence-electron chi connectivity index (χ1n) is 5.79. The van der Waals surface area contributed by atoms with E-state index in [0.717, 1.165) is 6.42 Å². The van der Waals surface area contributed by atoms with Crippen LogP contribution >= 0.6 is 0 Å². The molecule has 2 N–H and O–H groups in total. The van der Waals surface area contributed by atoms with E-state index < -0.39 is 0 Å². The van der Waals surface area contributed by atoms with Gasteiger partial charge in [-0.3, -0.25) is 9.59 Å². The molecule has 0 aromatic carbocycles. The van der Waals surface area contributed by atoms with Gasteiger partial charge in [0.2, 0.25) is 5.91 Å². The van der Waals surface area contributed by atoms with Crippen LogP contribution < -0.4 is 16.2 Å². The third-order valence-electron chi connectivity index (χ3n) is 2.70. The molecule has 0 bridgehead atoms. The zero-order valence-electron chi connectivity index (χ0n) is 9.77. The average Bonchev–Trinajstić information content (AvgIpc) is 2.70. The van der Waals surface area contributed by atoms with E-state index in [1.165, 1.54) is 0 Å². The van der Waals surface area contributed by atoms with E-state index >= 15 is 0 Å². The lowest BCUT2D eigenvalue weighted by Gasteiger charge is -2.11. The lowest BCUT2D eigenvalue weighted by Crippen LogP contribution is -2.30. The van der Waals surface area contributed by atoms with E-state index in [2.05, 4.69) is 15.6 Å². The van der Waals surface area contributed by atoms with Crippen LogP contribution in [0.1, 0.15) is 19.8 Å². The predicted molar refractivity (Wildman–Crippen MR) is 63.8 cm³/mol. The number of anilines is 1. The van der Waals surface area contributed by atoms with E-state index in [1.54, 1.807) is 17.0 Å². The monoisotopic (exact) mass is 236 g/mol. The summed E-state index contributed by atoms with van der Waals surface area (Å²) < 4.78 is 1.62. The second-order valence-corrected chi connectivity index (χ2v) is 4.12. The van der Waals surface area contributed by atoms with Gasteiger partial charge in [0.25, 0.3) is 5.56 Å². The molecule has 0 aliphatic carbocycles. The summed E-state index contributed by atoms with van der Waals surface area (Å²) >= 11 is 0. The maximum absolute atomic E-state index is 12.0. The number of amides is 1. The third-order valence-corrected chi connectivity index (χ3v) is 2.70. The molecule has 1 fully saturated rings. The molecule has 6 heteroatoms. The van der Waals surface area contributed by atoms with Crippen LogP contribution in [0.15, 0.2) is 17.2 Å². The standard InChI is InChI=1S/C11H16N4O2/c1-2-4-15-5-3-12-10(11(15)17)14-8-6-9(16)13-7-8/h3,5,8H,2,4,6-7H2,1H3,(H,12,14)(H,13,16). The summed E-state index contributed by atoms with van der Waals surface area (Å²) in [4.78, 5) is 27.0. The van der Waals surface area contributed by atoms with Crippen LogP contribution in [0.5, 0.6) is 0 Å². The zero-order valence-corrected chi connectivity index (χ0v) is 9.77. The van der Waals surface area contributed by atoms with Gasteiger partial charge in [0.1, 0.15) is 0 Å². The smallest absolute Gasteiger partial charge is 0.293 e. The van der Waals surface area contributed by atoms with Crippen LogP contribution in [0.4, 0.5) is 5.82 Å². The molecule has 1 amide bonds. The quantitative estimate of drug-likeness (QED) is 0.768. The second-order valence-electron chi connectivity index (χ2n) is 4.12. The number of rotatable bonds is 4. The highest BCUT2D eigenvalue weighted by molar-refractivity contribution is 5.79. The number of aryl methyl sites for hydroxylation is 1. The maximum atomic E-state index is 12.0. The van der Waals surface area contributed by atoms with Gasteiger partial charge in [-0.25, -0.2) is 4.98 Å². The van der Waals surface area contributed by atoms with Gasteiger partial charge in [0.05, 0.1) is 6.04 Å². The Morgan fingerprint density at radius 1 is 1.59 bits per heavy atom. The largest absolute Gasteiger partial charge is 0.360 e. The van der Waals surface area contributed by atoms with Gasteiger partial charge in [-0.1, -0.05) is 6.92 Å². The third kappa shape index (κ3) is 2.64. The molecule has 6 nitrogen and oxygen atoms in total. The Labute approximate surface area is 99.1 Å². The molecule has 1 aliphatic heterocycles. The summed E-state index contributed by atoms with van der Waals surface area (Å²) in [6.45, 7) is 3.24. The molecule has 1 atom stereocenters. The van der Waals surface area contributed by atoms with Crippen LogP contribution in [0.25, 0.3) is 0 Å². The fourth-order valence-electron chi connectivity index (χ4n) is 1.86. The lowest BCUT2D eigenvalue weighted by molar-refractivity contribution is -0.119. The van der Waals surface area contributed by atoms with Gasteiger partial charge in [-0.15, -0.1) is 0 Å². The van der Waals surface area contributed by atoms with Gasteiger partial charge < -0.3 is 15.2 Å². The summed E-state index contributed by atoms with van der Waals surface area (Å²) in [6.07, 6.45) is 4.56. The number of aromatic nitrogens is 2. The number of nitrogens with one attached hydrogen (secondary N) is 2. The van der Waals surface area contributed by atoms with Crippen molar-refractivity contribution >= 4 is 11.7 Å². The Hall–Kier alpha value is -1.85. The number of nitrogens with zero attached hydrogens (tertiary/aromatic N) is 2. The Balaban J connectivity index is 2.13. The van der Waals surface area contributed by atoms with Crippen molar-refractivity contribution < 1.29 is 4.79 Å². The topological polar surface area (TPSA) is 76.0 Å². The molecule has 1 unspecified atom stereocenters. The lowest BCUT2D eigenvalue weighted by atomic mass is 10.2. The van der Waals surface area contributed by atoms with E-state index in [9.17, 15) is 9.59 Å². The van der Waals surface area contributed by atoms with E-state index in [0.29, 0.717) is 25.3 Å². The maximum Gasteiger partial charge on any atom is 0.293 e. The Morgan fingerprint density at radius 2 is 2.41 bits per heavy atom. The minimum atomic E-state index is -0.131. The molecule has 0 radical (unpaired) electrons. The highest BCUT2D eigenvalue weighted by Crippen LogP contribution is 2.05. The Morgan fingerprint density at radius 3 is 3.06 bits per heavy atom. The first-order valence-corrected chi connectivity index (χ1v) is 5.79. The fourth-order valence-corrected chi connectivity index (χ4v) is 1.86.